The van der Waals surface area contributed by atoms with Crippen molar-refractivity contribution < 1.29 is 0 Å². The van der Waals surface area contributed by atoms with E-state index in [9.17, 15) is 0 Å². The molecule has 0 aliphatic rings. The summed E-state index contributed by atoms with van der Waals surface area (Å²) in [6.45, 7) is 5.56. The fraction of sp³-hybridized carbons (Fsp3) is 0.0588. The zero-order valence-corrected chi connectivity index (χ0v) is 11.5. The molecule has 0 bridgehead atoms. The first-order valence-electron chi connectivity index (χ1n) is 6.40. The highest BCUT2D eigenvalue weighted by Crippen LogP contribution is 2.30. The molecule has 0 heterocycles. The molecular formula is C17H17N3. The first kappa shape index (κ1) is 13.7. The van der Waals surface area contributed by atoms with Crippen molar-refractivity contribution in [2.24, 2.45) is 10.2 Å². The molecule has 3 heteroatoms. The van der Waals surface area contributed by atoms with E-state index in [2.05, 4.69) is 16.8 Å². The van der Waals surface area contributed by atoms with E-state index in [0.717, 1.165) is 27.8 Å². The molecule has 2 aromatic rings. The van der Waals surface area contributed by atoms with Gasteiger partial charge in [-0.15, -0.1) is 5.11 Å². The second-order valence-corrected chi connectivity index (χ2v) is 4.23. The second kappa shape index (κ2) is 6.48. The monoisotopic (exact) mass is 263 g/mol. The Kier molecular flexibility index (Phi) is 4.45. The number of hydrogen-bond donors (Lipinski definition) is 1. The normalized spacial score (nSPS) is 12.6. The zero-order valence-electron chi connectivity index (χ0n) is 11.5. The average molecular weight is 263 g/mol. The van der Waals surface area contributed by atoms with Crippen LogP contribution >= 0.6 is 0 Å². The van der Waals surface area contributed by atoms with E-state index < -0.39 is 0 Å². The number of nitrogens with zero attached hydrogens (tertiary/aromatic N) is 2. The lowest BCUT2D eigenvalue weighted by Crippen LogP contribution is -1.86. The predicted molar refractivity (Wildman–Crippen MR) is 86.0 cm³/mol. The molecule has 0 amide bonds. The fourth-order valence-electron chi connectivity index (χ4n) is 1.86. The van der Waals surface area contributed by atoms with Gasteiger partial charge in [-0.2, -0.15) is 5.11 Å². The third kappa shape index (κ3) is 3.01. The highest BCUT2D eigenvalue weighted by Gasteiger charge is 2.02. The van der Waals surface area contributed by atoms with Crippen molar-refractivity contribution in [2.45, 2.75) is 6.92 Å². The fourth-order valence-corrected chi connectivity index (χ4v) is 1.86. The van der Waals surface area contributed by atoms with Gasteiger partial charge in [0.05, 0.1) is 11.4 Å². The lowest BCUT2D eigenvalue weighted by atomic mass is 10.1. The molecule has 2 N–H and O–H groups in total. The maximum atomic E-state index is 5.97. The number of nitrogens with two attached hydrogens (primary N) is 1. The summed E-state index contributed by atoms with van der Waals surface area (Å²) >= 11 is 0. The molecule has 0 atom stereocenters. The Hall–Kier alpha value is -2.68. The van der Waals surface area contributed by atoms with Crippen LogP contribution in [0.3, 0.4) is 0 Å². The van der Waals surface area contributed by atoms with E-state index in [1.54, 1.807) is 6.08 Å². The van der Waals surface area contributed by atoms with Crippen LogP contribution in [0.25, 0.3) is 10.8 Å². The second-order valence-electron chi connectivity index (χ2n) is 4.23. The van der Waals surface area contributed by atoms with E-state index in [0.29, 0.717) is 0 Å². The third-order valence-corrected chi connectivity index (χ3v) is 2.91. The molecule has 20 heavy (non-hydrogen) atoms. The van der Waals surface area contributed by atoms with E-state index in [1.807, 2.05) is 61.5 Å². The van der Waals surface area contributed by atoms with Crippen LogP contribution in [-0.2, 0) is 0 Å². The van der Waals surface area contributed by atoms with Crippen LogP contribution in [0.15, 0.2) is 83.2 Å². The Labute approximate surface area is 118 Å². The molecule has 0 saturated carbocycles. The molecule has 2 aromatic carbocycles. The maximum absolute atomic E-state index is 5.97. The van der Waals surface area contributed by atoms with Crippen LogP contribution in [0.2, 0.25) is 0 Å². The number of azo groups is 1. The standard InChI is InChI=1S/C17H17N3/c1-3-5-8-13(4-2)19-20-17-12-11-16(18)14-9-6-7-10-15(14)17/h3-12H,1,18H2,2H3/b8-5-,13-4+,20-19+. The van der Waals surface area contributed by atoms with Gasteiger partial charge < -0.3 is 5.73 Å². The number of benzene rings is 2. The molecule has 0 aliphatic carbocycles. The van der Waals surface area contributed by atoms with E-state index in [-0.39, 0.29) is 0 Å². The molecular weight excluding hydrogens is 246 g/mol. The molecule has 0 fully saturated rings. The Morgan fingerprint density at radius 2 is 1.90 bits per heavy atom. The van der Waals surface area contributed by atoms with Gasteiger partial charge in [0.15, 0.2) is 0 Å². The highest BCUT2D eigenvalue weighted by atomic mass is 15.1. The quantitative estimate of drug-likeness (QED) is 0.463. The van der Waals surface area contributed by atoms with Gasteiger partial charge in [0.1, 0.15) is 0 Å². The predicted octanol–water partition coefficient (Wildman–Crippen LogP) is 5.15. The Morgan fingerprint density at radius 3 is 2.60 bits per heavy atom. The number of hydrogen-bond acceptors (Lipinski definition) is 3. The summed E-state index contributed by atoms with van der Waals surface area (Å²) in [7, 11) is 0. The van der Waals surface area contributed by atoms with Crippen molar-refractivity contribution in [3.05, 3.63) is 73.0 Å². The van der Waals surface area contributed by atoms with Gasteiger partial charge in [-0.1, -0.05) is 49.1 Å². The summed E-state index contributed by atoms with van der Waals surface area (Å²) < 4.78 is 0. The first-order chi connectivity index (χ1) is 9.76. The van der Waals surface area contributed by atoms with Gasteiger partial charge in [-0.3, -0.25) is 0 Å². The number of anilines is 1. The first-order valence-corrected chi connectivity index (χ1v) is 6.40. The van der Waals surface area contributed by atoms with Gasteiger partial charge in [0, 0.05) is 16.5 Å². The van der Waals surface area contributed by atoms with Crippen molar-refractivity contribution in [1.82, 2.24) is 0 Å². The Bertz CT molecular complexity index is 709. The summed E-state index contributed by atoms with van der Waals surface area (Å²) in [6.07, 6.45) is 7.28. The topological polar surface area (TPSA) is 50.7 Å². The molecule has 0 unspecified atom stereocenters. The lowest BCUT2D eigenvalue weighted by Gasteiger charge is -2.04. The molecule has 0 aliphatic heterocycles. The maximum Gasteiger partial charge on any atom is 0.0936 e. The van der Waals surface area contributed by atoms with Crippen molar-refractivity contribution in [2.75, 3.05) is 5.73 Å². The molecule has 2 rings (SSSR count). The van der Waals surface area contributed by atoms with Crippen LogP contribution in [0.1, 0.15) is 6.92 Å². The van der Waals surface area contributed by atoms with Crippen LogP contribution in [0, 0.1) is 0 Å². The van der Waals surface area contributed by atoms with Crippen LogP contribution < -0.4 is 5.73 Å². The van der Waals surface area contributed by atoms with Gasteiger partial charge in [-0.05, 0) is 25.1 Å². The Balaban J connectivity index is 2.42. The number of allylic oxidation sites excluding steroid dienone is 4. The van der Waals surface area contributed by atoms with Crippen molar-refractivity contribution >= 4 is 22.1 Å². The molecule has 3 nitrogen and oxygen atoms in total. The summed E-state index contributed by atoms with van der Waals surface area (Å²) in [5.41, 5.74) is 8.30. The SMILES string of the molecule is C=C\C=C/C(=C\C)/N=N/c1ccc(N)c2ccccc12. The number of fused-ring (bicyclic) bond motifs is 1. The highest BCUT2D eigenvalue weighted by molar-refractivity contribution is 5.99. The van der Waals surface area contributed by atoms with E-state index in [4.69, 9.17) is 5.73 Å². The van der Waals surface area contributed by atoms with Gasteiger partial charge in [-0.25, -0.2) is 0 Å². The molecule has 100 valence electrons. The van der Waals surface area contributed by atoms with Gasteiger partial charge in [0.25, 0.3) is 0 Å². The number of rotatable bonds is 4. The summed E-state index contributed by atoms with van der Waals surface area (Å²) in [5.74, 6) is 0. The average Bonchev–Trinajstić information content (AvgIpc) is 2.49. The zero-order chi connectivity index (χ0) is 14.4. The van der Waals surface area contributed by atoms with Crippen molar-refractivity contribution in [1.29, 1.82) is 0 Å². The number of nitrogen functional groups attached to an aromatic ring is 1. The summed E-state index contributed by atoms with van der Waals surface area (Å²) in [6, 6.07) is 11.6. The van der Waals surface area contributed by atoms with Gasteiger partial charge in [0.2, 0.25) is 0 Å². The molecule has 0 aromatic heterocycles. The van der Waals surface area contributed by atoms with E-state index in [1.165, 1.54) is 0 Å². The van der Waals surface area contributed by atoms with Gasteiger partial charge >= 0.3 is 0 Å². The molecule has 0 spiro atoms. The minimum atomic E-state index is 0.748. The van der Waals surface area contributed by atoms with Crippen LogP contribution in [0.4, 0.5) is 11.4 Å². The van der Waals surface area contributed by atoms with E-state index >= 15 is 0 Å². The largest absolute Gasteiger partial charge is 0.398 e. The van der Waals surface area contributed by atoms with Crippen LogP contribution in [0.5, 0.6) is 0 Å². The Morgan fingerprint density at radius 1 is 1.15 bits per heavy atom. The molecule has 0 saturated heterocycles. The van der Waals surface area contributed by atoms with Crippen LogP contribution in [-0.4, -0.2) is 0 Å². The lowest BCUT2D eigenvalue weighted by molar-refractivity contribution is 1.17. The smallest absolute Gasteiger partial charge is 0.0936 e. The summed E-state index contributed by atoms with van der Waals surface area (Å²) in [5, 5.41) is 10.5. The van der Waals surface area contributed by atoms with Crippen molar-refractivity contribution in [3.63, 3.8) is 0 Å². The van der Waals surface area contributed by atoms with Crippen molar-refractivity contribution in [3.8, 4) is 0 Å². The summed E-state index contributed by atoms with van der Waals surface area (Å²) in [4.78, 5) is 0. The molecule has 0 radical (unpaired) electrons. The minimum absolute atomic E-state index is 0.748. The minimum Gasteiger partial charge on any atom is -0.398 e. The third-order valence-electron chi connectivity index (χ3n) is 2.91.